The van der Waals surface area contributed by atoms with E-state index < -0.39 is 0 Å². The molecular weight excluding hydrogens is 218 g/mol. The van der Waals surface area contributed by atoms with E-state index in [9.17, 15) is 0 Å². The predicted molar refractivity (Wildman–Crippen MR) is 68.3 cm³/mol. The molecule has 2 rings (SSSR count). The molecule has 16 heavy (non-hydrogen) atoms. The molecule has 1 aromatic carbocycles. The molecule has 2 aromatic rings. The number of benzene rings is 1. The van der Waals surface area contributed by atoms with Crippen LogP contribution >= 0.6 is 11.3 Å². The zero-order valence-corrected chi connectivity index (χ0v) is 10.7. The Morgan fingerprint density at radius 2 is 2.19 bits per heavy atom. The summed E-state index contributed by atoms with van der Waals surface area (Å²) in [5.74, 6) is 0.963. The highest BCUT2D eigenvalue weighted by Crippen LogP contribution is 2.21. The van der Waals surface area contributed by atoms with Crippen molar-refractivity contribution in [3.63, 3.8) is 0 Å². The normalized spacial score (nSPS) is 12.1. The van der Waals surface area contributed by atoms with Crippen molar-refractivity contribution < 1.29 is 9.30 Å². The number of hydrogen-bond donors (Lipinski definition) is 0. The van der Waals surface area contributed by atoms with Gasteiger partial charge in [0.05, 0.1) is 12.7 Å². The fourth-order valence-electron chi connectivity index (χ4n) is 1.69. The number of aromatic nitrogens is 1. The smallest absolute Gasteiger partial charge is 0.265 e. The lowest BCUT2D eigenvalue weighted by Crippen LogP contribution is -2.28. The maximum Gasteiger partial charge on any atom is 0.265 e. The van der Waals surface area contributed by atoms with Gasteiger partial charge >= 0.3 is 0 Å². The van der Waals surface area contributed by atoms with E-state index in [-0.39, 0.29) is 0 Å². The molecule has 1 aromatic heterocycles. The van der Waals surface area contributed by atoms with E-state index in [0.717, 1.165) is 12.4 Å². The Bertz CT molecular complexity index is 528. The highest BCUT2D eigenvalue weighted by Gasteiger charge is 2.14. The van der Waals surface area contributed by atoms with E-state index in [1.165, 1.54) is 15.2 Å². The number of fused-ring (bicyclic) bond motifs is 1. The SMILES string of the molecule is CCOC(C)=Cc1sc2ccccc2[n+]1C. The summed E-state index contributed by atoms with van der Waals surface area (Å²) in [4.78, 5) is 0. The molecule has 3 heteroatoms. The second kappa shape index (κ2) is 4.66. The number of allylic oxidation sites excluding steroid dienone is 1. The van der Waals surface area contributed by atoms with Crippen LogP contribution in [0.2, 0.25) is 0 Å². The number of para-hydroxylation sites is 1. The zero-order valence-electron chi connectivity index (χ0n) is 9.86. The van der Waals surface area contributed by atoms with Gasteiger partial charge in [-0.15, -0.1) is 0 Å². The first-order chi connectivity index (χ1) is 7.72. The summed E-state index contributed by atoms with van der Waals surface area (Å²) in [6.45, 7) is 4.72. The molecule has 0 radical (unpaired) electrons. The monoisotopic (exact) mass is 234 g/mol. The molecule has 0 saturated heterocycles. The summed E-state index contributed by atoms with van der Waals surface area (Å²) in [5, 5.41) is 1.21. The molecule has 0 amide bonds. The summed E-state index contributed by atoms with van der Waals surface area (Å²) in [7, 11) is 2.09. The summed E-state index contributed by atoms with van der Waals surface area (Å²) >= 11 is 1.78. The van der Waals surface area contributed by atoms with Crippen LogP contribution in [0.25, 0.3) is 16.3 Å². The Balaban J connectivity index is 2.46. The number of nitrogens with zero attached hydrogens (tertiary/aromatic N) is 1. The van der Waals surface area contributed by atoms with Crippen LogP contribution in [0.3, 0.4) is 0 Å². The molecule has 0 saturated carbocycles. The number of thiazole rings is 1. The predicted octanol–water partition coefficient (Wildman–Crippen LogP) is 3.12. The van der Waals surface area contributed by atoms with E-state index in [2.05, 4.69) is 42.0 Å². The van der Waals surface area contributed by atoms with Gasteiger partial charge in [0.25, 0.3) is 5.01 Å². The Hall–Kier alpha value is -1.35. The molecule has 0 atom stereocenters. The Labute approximate surface area is 99.8 Å². The van der Waals surface area contributed by atoms with Gasteiger partial charge in [0.1, 0.15) is 17.5 Å². The highest BCUT2D eigenvalue weighted by molar-refractivity contribution is 7.18. The number of hydrogen-bond acceptors (Lipinski definition) is 2. The molecule has 0 aliphatic carbocycles. The third kappa shape index (κ3) is 2.09. The number of rotatable bonds is 3. The van der Waals surface area contributed by atoms with Crippen LogP contribution in [0.1, 0.15) is 18.9 Å². The van der Waals surface area contributed by atoms with Crippen molar-refractivity contribution in [2.45, 2.75) is 13.8 Å². The van der Waals surface area contributed by atoms with Gasteiger partial charge in [0.2, 0.25) is 5.52 Å². The van der Waals surface area contributed by atoms with E-state index in [1.54, 1.807) is 11.3 Å². The fourth-order valence-corrected chi connectivity index (χ4v) is 2.83. The van der Waals surface area contributed by atoms with Crippen LogP contribution < -0.4 is 4.57 Å². The van der Waals surface area contributed by atoms with Gasteiger partial charge in [-0.3, -0.25) is 0 Å². The molecular formula is C13H16NOS+. The molecule has 0 N–H and O–H groups in total. The van der Waals surface area contributed by atoms with E-state index in [1.807, 2.05) is 13.8 Å². The average molecular weight is 234 g/mol. The van der Waals surface area contributed by atoms with Crippen molar-refractivity contribution in [2.75, 3.05) is 6.61 Å². The summed E-state index contributed by atoms with van der Waals surface area (Å²) in [5.41, 5.74) is 1.27. The lowest BCUT2D eigenvalue weighted by atomic mass is 10.3. The Morgan fingerprint density at radius 1 is 1.44 bits per heavy atom. The first kappa shape index (κ1) is 11.1. The highest BCUT2D eigenvalue weighted by atomic mass is 32.1. The lowest BCUT2D eigenvalue weighted by molar-refractivity contribution is -0.642. The molecule has 0 unspecified atom stereocenters. The zero-order chi connectivity index (χ0) is 11.5. The van der Waals surface area contributed by atoms with Crippen LogP contribution in [-0.2, 0) is 11.8 Å². The van der Waals surface area contributed by atoms with E-state index >= 15 is 0 Å². The summed E-state index contributed by atoms with van der Waals surface area (Å²) in [6, 6.07) is 8.42. The fraction of sp³-hybridized carbons (Fsp3) is 0.308. The van der Waals surface area contributed by atoms with Crippen LogP contribution in [0.4, 0.5) is 0 Å². The standard InChI is InChI=1S/C13H16NOS/c1-4-15-10(2)9-13-14(3)11-7-5-6-8-12(11)16-13/h5-9H,4H2,1-3H3/q+1. The molecule has 0 bridgehead atoms. The average Bonchev–Trinajstić information content (AvgIpc) is 2.57. The first-order valence-electron chi connectivity index (χ1n) is 5.41. The maximum atomic E-state index is 5.45. The molecule has 0 spiro atoms. The number of aryl methyl sites for hydroxylation is 1. The van der Waals surface area contributed by atoms with E-state index in [4.69, 9.17) is 4.74 Å². The van der Waals surface area contributed by atoms with Crippen LogP contribution in [0.15, 0.2) is 30.0 Å². The van der Waals surface area contributed by atoms with Gasteiger partial charge in [0, 0.05) is 6.07 Å². The molecule has 0 aliphatic heterocycles. The van der Waals surface area contributed by atoms with Crippen molar-refractivity contribution in [3.05, 3.63) is 35.0 Å². The van der Waals surface area contributed by atoms with Crippen LogP contribution in [-0.4, -0.2) is 6.61 Å². The van der Waals surface area contributed by atoms with Gasteiger partial charge in [-0.05, 0) is 19.9 Å². The second-order valence-electron chi connectivity index (χ2n) is 3.66. The maximum absolute atomic E-state index is 5.45. The van der Waals surface area contributed by atoms with Crippen molar-refractivity contribution in [3.8, 4) is 0 Å². The van der Waals surface area contributed by atoms with E-state index in [0.29, 0.717) is 0 Å². The Kier molecular flexibility index (Phi) is 3.25. The topological polar surface area (TPSA) is 13.1 Å². The van der Waals surface area contributed by atoms with Crippen molar-refractivity contribution in [1.82, 2.24) is 0 Å². The molecule has 2 nitrogen and oxygen atoms in total. The minimum absolute atomic E-state index is 0.719. The number of ether oxygens (including phenoxy) is 1. The largest absolute Gasteiger partial charge is 0.498 e. The van der Waals surface area contributed by atoms with Crippen molar-refractivity contribution in [1.29, 1.82) is 0 Å². The van der Waals surface area contributed by atoms with Crippen molar-refractivity contribution >= 4 is 27.6 Å². The van der Waals surface area contributed by atoms with Gasteiger partial charge in [-0.25, -0.2) is 0 Å². The van der Waals surface area contributed by atoms with Gasteiger partial charge in [0.15, 0.2) is 0 Å². The van der Waals surface area contributed by atoms with Gasteiger partial charge in [-0.2, -0.15) is 4.57 Å². The summed E-state index contributed by atoms with van der Waals surface area (Å²) < 4.78 is 8.95. The minimum Gasteiger partial charge on any atom is -0.498 e. The first-order valence-corrected chi connectivity index (χ1v) is 6.22. The van der Waals surface area contributed by atoms with Crippen LogP contribution in [0.5, 0.6) is 0 Å². The molecule has 0 fully saturated rings. The second-order valence-corrected chi connectivity index (χ2v) is 4.72. The third-order valence-electron chi connectivity index (χ3n) is 2.47. The minimum atomic E-state index is 0.719. The quantitative estimate of drug-likeness (QED) is 0.587. The summed E-state index contributed by atoms with van der Waals surface area (Å²) in [6.07, 6.45) is 2.09. The molecule has 1 heterocycles. The lowest BCUT2D eigenvalue weighted by Gasteiger charge is -1.99. The van der Waals surface area contributed by atoms with Gasteiger partial charge < -0.3 is 4.74 Å². The van der Waals surface area contributed by atoms with Crippen molar-refractivity contribution in [2.24, 2.45) is 7.05 Å². The molecule has 0 aliphatic rings. The van der Waals surface area contributed by atoms with Crippen LogP contribution in [0, 0.1) is 0 Å². The third-order valence-corrected chi connectivity index (χ3v) is 3.64. The Morgan fingerprint density at radius 3 is 2.88 bits per heavy atom. The van der Waals surface area contributed by atoms with Gasteiger partial charge in [-0.1, -0.05) is 23.5 Å². The molecule has 84 valence electrons.